The van der Waals surface area contributed by atoms with Crippen molar-refractivity contribution in [2.24, 2.45) is 0 Å². The number of nitrogens with zero attached hydrogens (tertiary/aromatic N) is 1. The van der Waals surface area contributed by atoms with Gasteiger partial charge in [0.1, 0.15) is 18.2 Å². The maximum Gasteiger partial charge on any atom is 0.226 e. The van der Waals surface area contributed by atoms with Crippen molar-refractivity contribution in [2.45, 2.75) is 25.9 Å². The Bertz CT molecular complexity index is 933. The summed E-state index contributed by atoms with van der Waals surface area (Å²) in [5, 5.41) is 9.90. The van der Waals surface area contributed by atoms with Crippen molar-refractivity contribution in [3.63, 3.8) is 0 Å². The molecule has 132 valence electrons. The highest BCUT2D eigenvalue weighted by Gasteiger charge is 2.30. The normalized spacial score (nSPS) is 16.1. The third-order valence-corrected chi connectivity index (χ3v) is 4.59. The molecule has 26 heavy (non-hydrogen) atoms. The molecule has 0 saturated heterocycles. The number of rotatable bonds is 4. The van der Waals surface area contributed by atoms with Crippen LogP contribution in [0.2, 0.25) is 0 Å². The SMILES string of the molecule is Cc1[nH]nc2c1C(c1ccc(OCc3ccc(F)cc3)cc1)CC(=O)N2. The highest BCUT2D eigenvalue weighted by Crippen LogP contribution is 2.38. The number of halogens is 1. The molecule has 2 N–H and O–H groups in total. The van der Waals surface area contributed by atoms with Crippen molar-refractivity contribution in [2.75, 3.05) is 5.32 Å². The summed E-state index contributed by atoms with van der Waals surface area (Å²) >= 11 is 0. The number of amides is 1. The lowest BCUT2D eigenvalue weighted by molar-refractivity contribution is -0.116. The zero-order valence-electron chi connectivity index (χ0n) is 14.3. The Morgan fingerprint density at radius 2 is 1.88 bits per heavy atom. The molecule has 1 aliphatic rings. The summed E-state index contributed by atoms with van der Waals surface area (Å²) in [6.07, 6.45) is 0.392. The number of aromatic nitrogens is 2. The molecule has 0 bridgehead atoms. The lowest BCUT2D eigenvalue weighted by Crippen LogP contribution is -2.23. The maximum absolute atomic E-state index is 12.9. The first kappa shape index (κ1) is 16.3. The van der Waals surface area contributed by atoms with Crippen LogP contribution in [0.5, 0.6) is 5.75 Å². The van der Waals surface area contributed by atoms with E-state index in [4.69, 9.17) is 4.74 Å². The Balaban J connectivity index is 1.50. The first-order valence-corrected chi connectivity index (χ1v) is 8.42. The van der Waals surface area contributed by atoms with Crippen molar-refractivity contribution in [1.82, 2.24) is 10.2 Å². The summed E-state index contributed by atoms with van der Waals surface area (Å²) in [6.45, 7) is 2.33. The number of carbonyl (C=O) groups is 1. The molecule has 6 heteroatoms. The zero-order valence-corrected chi connectivity index (χ0v) is 14.3. The molecule has 1 atom stereocenters. The quantitative estimate of drug-likeness (QED) is 0.749. The predicted molar refractivity (Wildman–Crippen MR) is 95.6 cm³/mol. The Hall–Kier alpha value is -3.15. The minimum atomic E-state index is -0.261. The van der Waals surface area contributed by atoms with Crippen LogP contribution in [0.25, 0.3) is 0 Å². The van der Waals surface area contributed by atoms with Gasteiger partial charge in [-0.1, -0.05) is 24.3 Å². The molecule has 2 heterocycles. The third kappa shape index (κ3) is 3.18. The third-order valence-electron chi connectivity index (χ3n) is 4.59. The molecule has 0 spiro atoms. The molecule has 0 fully saturated rings. The number of fused-ring (bicyclic) bond motifs is 1. The van der Waals surface area contributed by atoms with Gasteiger partial charge in [-0.25, -0.2) is 4.39 Å². The van der Waals surface area contributed by atoms with Crippen molar-refractivity contribution in [3.8, 4) is 5.75 Å². The number of aryl methyl sites for hydroxylation is 1. The van der Waals surface area contributed by atoms with Crippen LogP contribution in [-0.2, 0) is 11.4 Å². The Morgan fingerprint density at radius 3 is 2.62 bits per heavy atom. The van der Waals surface area contributed by atoms with Gasteiger partial charge >= 0.3 is 0 Å². The van der Waals surface area contributed by atoms with E-state index in [1.54, 1.807) is 12.1 Å². The second-order valence-electron chi connectivity index (χ2n) is 6.40. The number of H-pyrrole nitrogens is 1. The summed E-state index contributed by atoms with van der Waals surface area (Å²) in [7, 11) is 0. The average Bonchev–Trinajstić information content (AvgIpc) is 3.02. The van der Waals surface area contributed by atoms with E-state index in [0.29, 0.717) is 18.8 Å². The van der Waals surface area contributed by atoms with E-state index in [2.05, 4.69) is 15.5 Å². The van der Waals surface area contributed by atoms with Crippen LogP contribution >= 0.6 is 0 Å². The molecule has 1 aliphatic heterocycles. The van der Waals surface area contributed by atoms with Crippen molar-refractivity contribution < 1.29 is 13.9 Å². The first-order chi connectivity index (χ1) is 12.6. The summed E-state index contributed by atoms with van der Waals surface area (Å²) in [5.74, 6) is 1.01. The van der Waals surface area contributed by atoms with E-state index < -0.39 is 0 Å². The lowest BCUT2D eigenvalue weighted by Gasteiger charge is -2.23. The summed E-state index contributed by atoms with van der Waals surface area (Å²) in [5.41, 5.74) is 3.93. The maximum atomic E-state index is 12.9. The molecule has 2 aromatic carbocycles. The van der Waals surface area contributed by atoms with E-state index in [0.717, 1.165) is 28.1 Å². The van der Waals surface area contributed by atoms with E-state index in [1.807, 2.05) is 31.2 Å². The van der Waals surface area contributed by atoms with Gasteiger partial charge in [0.05, 0.1) is 0 Å². The number of benzene rings is 2. The summed E-state index contributed by atoms with van der Waals surface area (Å²) in [4.78, 5) is 12.0. The van der Waals surface area contributed by atoms with Gasteiger partial charge in [0.15, 0.2) is 5.82 Å². The Labute approximate surface area is 150 Å². The fourth-order valence-corrected chi connectivity index (χ4v) is 3.26. The number of ether oxygens (including phenoxy) is 1. The van der Waals surface area contributed by atoms with Crippen molar-refractivity contribution in [3.05, 3.63) is 76.7 Å². The number of carbonyl (C=O) groups excluding carboxylic acids is 1. The summed E-state index contributed by atoms with van der Waals surface area (Å²) in [6, 6.07) is 14.0. The van der Waals surface area contributed by atoms with Crippen LogP contribution in [-0.4, -0.2) is 16.1 Å². The summed E-state index contributed by atoms with van der Waals surface area (Å²) < 4.78 is 18.7. The van der Waals surface area contributed by atoms with Gasteiger partial charge in [-0.05, 0) is 42.3 Å². The number of hydrogen-bond donors (Lipinski definition) is 2. The minimum absolute atomic E-state index is 0.0244. The van der Waals surface area contributed by atoms with Crippen molar-refractivity contribution >= 4 is 11.7 Å². The van der Waals surface area contributed by atoms with Crippen molar-refractivity contribution in [1.29, 1.82) is 0 Å². The molecule has 0 aliphatic carbocycles. The smallest absolute Gasteiger partial charge is 0.226 e. The molecule has 0 radical (unpaired) electrons. The minimum Gasteiger partial charge on any atom is -0.489 e. The lowest BCUT2D eigenvalue weighted by atomic mass is 9.86. The highest BCUT2D eigenvalue weighted by molar-refractivity contribution is 5.94. The van der Waals surface area contributed by atoms with E-state index in [-0.39, 0.29) is 17.6 Å². The van der Waals surface area contributed by atoms with Gasteiger partial charge in [-0.3, -0.25) is 9.89 Å². The van der Waals surface area contributed by atoms with Gasteiger partial charge in [-0.2, -0.15) is 5.10 Å². The second kappa shape index (κ2) is 6.63. The molecule has 0 saturated carbocycles. The molecule has 3 aromatic rings. The van der Waals surface area contributed by atoms with Gasteiger partial charge in [-0.15, -0.1) is 0 Å². The van der Waals surface area contributed by atoms with Gasteiger partial charge in [0.25, 0.3) is 0 Å². The molecule has 1 amide bonds. The van der Waals surface area contributed by atoms with E-state index >= 15 is 0 Å². The highest BCUT2D eigenvalue weighted by atomic mass is 19.1. The molecule has 1 unspecified atom stereocenters. The fraction of sp³-hybridized carbons (Fsp3) is 0.200. The number of aromatic amines is 1. The standard InChI is InChI=1S/C20H18FN3O2/c1-12-19-17(10-18(25)22-20(19)24-23-12)14-4-8-16(9-5-14)26-11-13-2-6-15(21)7-3-13/h2-9,17H,10-11H2,1H3,(H2,22,23,24,25). The van der Waals surface area contributed by atoms with Crippen LogP contribution in [0.15, 0.2) is 48.5 Å². The predicted octanol–water partition coefficient (Wildman–Crippen LogP) is 3.91. The van der Waals surface area contributed by atoms with Gasteiger partial charge in [0.2, 0.25) is 5.91 Å². The monoisotopic (exact) mass is 351 g/mol. The molecular weight excluding hydrogens is 333 g/mol. The molecule has 4 rings (SSSR count). The average molecular weight is 351 g/mol. The van der Waals surface area contributed by atoms with Gasteiger partial charge in [0, 0.05) is 23.6 Å². The van der Waals surface area contributed by atoms with E-state index in [1.165, 1.54) is 12.1 Å². The number of nitrogens with one attached hydrogen (secondary N) is 2. The molecular formula is C20H18FN3O2. The Morgan fingerprint density at radius 1 is 1.15 bits per heavy atom. The zero-order chi connectivity index (χ0) is 18.1. The molecule has 5 nitrogen and oxygen atoms in total. The number of hydrogen-bond acceptors (Lipinski definition) is 3. The second-order valence-corrected chi connectivity index (χ2v) is 6.40. The van der Waals surface area contributed by atoms with Crippen LogP contribution in [0.4, 0.5) is 10.2 Å². The molecule has 1 aromatic heterocycles. The van der Waals surface area contributed by atoms with Gasteiger partial charge < -0.3 is 10.1 Å². The fourth-order valence-electron chi connectivity index (χ4n) is 3.26. The number of anilines is 1. The van der Waals surface area contributed by atoms with Crippen LogP contribution in [0, 0.1) is 12.7 Å². The van der Waals surface area contributed by atoms with Crippen LogP contribution in [0.3, 0.4) is 0 Å². The van der Waals surface area contributed by atoms with Crippen LogP contribution < -0.4 is 10.1 Å². The largest absolute Gasteiger partial charge is 0.489 e. The first-order valence-electron chi connectivity index (χ1n) is 8.42. The van der Waals surface area contributed by atoms with Crippen LogP contribution in [0.1, 0.15) is 34.7 Å². The Kier molecular flexibility index (Phi) is 4.16. The van der Waals surface area contributed by atoms with E-state index in [9.17, 15) is 9.18 Å². The topological polar surface area (TPSA) is 67.0 Å².